The quantitative estimate of drug-likeness (QED) is 0.0422. The highest BCUT2D eigenvalue weighted by molar-refractivity contribution is 9.32. The molecule has 0 heterocycles. The molecule has 0 rings (SSSR count). The SMILES string of the molecule is PPP(P)P(B(B(B(B(P(P(P)P)P(P)P)P(P(P)P)P(P)P)B(P(P(P)P)P(P)P)P(P(P)P)P(P)P)B(B(P(P(P)P)P(P)P)P(P(P)P)P(P)P)B(P(P(P)P)P(P)P)P(P(P)P)P(P)P)P(P(P(P)P)P(P)P)P(P(P)P)P(P)P)P(P)P. The van der Waals surface area contributed by atoms with Crippen molar-refractivity contribution < 1.29 is 0 Å². The van der Waals surface area contributed by atoms with Gasteiger partial charge in [0.15, 0.2) is 30.2 Å². The Hall–Kier alpha value is 34.5. The molecule has 0 saturated carbocycles. The molecule has 47 atom stereocenters. The first-order valence-electron chi connectivity index (χ1n) is 21.3. The standard InChI is InChI=1S/B8H89P79/c9-53-85(52)62(80(42)43)4(63(86(81(44)45)82(46)47)87(83(48)49)84(50)51)1(2(5(54(64(10)11)65(12)13)55(66(14)15)67(16)17)6(56(68(18)19)69(20)21)57(70(22)23)71(24)25)3(7(58(72(26)27)73(28)29)59(74(30)31)75(32)33)8(60(76(34)35)77(36)37)61(78(38)39)79(40)41/h53H,9-52H2. The van der Waals surface area contributed by atoms with Crippen molar-refractivity contribution in [3.8, 4) is 0 Å². The predicted octanol–water partition coefficient (Wildman–Crippen LogP) is 41.2. The van der Waals surface area contributed by atoms with Crippen molar-refractivity contribution in [2.75, 3.05) is 0 Å². The first kappa shape index (κ1) is 121. The zero-order valence-corrected chi connectivity index (χ0v) is 128. The van der Waals surface area contributed by atoms with E-state index >= 15 is 0 Å². The summed E-state index contributed by atoms with van der Waals surface area (Å²) in [7, 11) is 157. The van der Waals surface area contributed by atoms with Gasteiger partial charge in [0, 0.05) is 6.39 Å². The van der Waals surface area contributed by atoms with Crippen molar-refractivity contribution >= 4 is 690 Å². The van der Waals surface area contributed by atoms with Crippen LogP contribution >= 0.6 is 640 Å². The Bertz CT molecular complexity index is 1410. The molecule has 0 nitrogen and oxygen atoms in total. The molecule has 0 amide bonds. The summed E-state index contributed by atoms with van der Waals surface area (Å²) in [5.74, 6) is 0. The van der Waals surface area contributed by atoms with Crippen LogP contribution < -0.4 is 0 Å². The van der Waals surface area contributed by atoms with Gasteiger partial charge < -0.3 is 0 Å². The molecule has 0 bridgehead atoms. The molecule has 508 valence electrons. The largest absolute Gasteiger partial charge is 0.177 e. The first-order chi connectivity index (χ1) is 39.6. The lowest BCUT2D eigenvalue weighted by molar-refractivity contribution is 3.40. The summed E-state index contributed by atoms with van der Waals surface area (Å²) in [5, 5.41) is 0. The lowest BCUT2D eigenvalue weighted by Crippen LogP contribution is -2.73. The van der Waals surface area contributed by atoms with Crippen LogP contribution in [0.5, 0.6) is 0 Å². The maximum atomic E-state index is 3.84. The lowest BCUT2D eigenvalue weighted by Gasteiger charge is -2.59. The van der Waals surface area contributed by atoms with Gasteiger partial charge in [0.2, 0.25) is 0 Å². The summed E-state index contributed by atoms with van der Waals surface area (Å²) < 4.78 is 0. The normalized spacial score (nSPS) is 14.6. The molecule has 47 unspecified atom stereocenters. The third-order valence-electron chi connectivity index (χ3n) is 10.5. The highest BCUT2D eigenvalue weighted by Gasteiger charge is 2.70. The molecular formula is H89B8P79. The third kappa shape index (κ3) is 42.1. The van der Waals surface area contributed by atoms with E-state index in [0.717, 1.165) is 7.96 Å². The van der Waals surface area contributed by atoms with Crippen molar-refractivity contribution in [3.05, 3.63) is 0 Å². The summed E-state index contributed by atoms with van der Waals surface area (Å²) in [6.07, 6.45) is 1.62. The van der Waals surface area contributed by atoms with Crippen LogP contribution in [0.15, 0.2) is 0 Å². The van der Waals surface area contributed by atoms with Gasteiger partial charge in [-0.2, -0.15) is 0 Å². The van der Waals surface area contributed by atoms with Gasteiger partial charge >= 0.3 is 0 Å². The summed E-state index contributed by atoms with van der Waals surface area (Å²) in [6.45, 7) is -10.9. The minimum atomic E-state index is -0.551. The van der Waals surface area contributed by atoms with Gasteiger partial charge in [0.1, 0.15) is 0 Å². The molecule has 0 aromatic rings. The van der Waals surface area contributed by atoms with E-state index in [1.165, 1.54) is 0 Å². The Kier molecular flexibility index (Phi) is 92.1. The highest BCUT2D eigenvalue weighted by Crippen LogP contribution is 3.25. The zero-order chi connectivity index (χ0) is 69.0. The number of rotatable bonds is 42. The minimum Gasteiger partial charge on any atom is -0.109 e. The van der Waals surface area contributed by atoms with Crippen LogP contribution in [-0.4, -0.2) is 49.4 Å². The second-order valence-electron chi connectivity index (χ2n) is 16.0. The van der Waals surface area contributed by atoms with E-state index in [0.29, 0.717) is 49.4 Å². The number of hydrogen-bond acceptors (Lipinski definition) is 0. The van der Waals surface area contributed by atoms with Crippen molar-refractivity contribution in [1.82, 2.24) is 0 Å². The predicted molar refractivity (Wildman–Crippen MR) is 717 cm³/mol. The van der Waals surface area contributed by atoms with E-state index in [9.17, 15) is 0 Å². The summed E-state index contributed by atoms with van der Waals surface area (Å²) in [6, 6.07) is 3.11. The average Bonchev–Trinajstić information content (AvgIpc) is 3.29. The lowest BCUT2D eigenvalue weighted by atomic mass is 8.65. The van der Waals surface area contributed by atoms with Gasteiger partial charge in [-0.1, -0.05) is 79.7 Å². The molecule has 0 aromatic heterocycles. The van der Waals surface area contributed by atoms with E-state index in [1.807, 2.05) is 0 Å². The molecule has 87 heavy (non-hydrogen) atoms. The first-order valence-corrected chi connectivity index (χ1v) is 158. The maximum Gasteiger partial charge on any atom is 0.177 e. The number of hydrogen-bond donors (Lipinski definition) is 0. The molecular weight excluding hydrogens is 2530 g/mol. The molecule has 0 aromatic carbocycles. The van der Waals surface area contributed by atoms with Crippen molar-refractivity contribution in [1.29, 1.82) is 0 Å². The Labute approximate surface area is 679 Å². The van der Waals surface area contributed by atoms with Gasteiger partial charge in [-0.05, 0) is 168 Å². The van der Waals surface area contributed by atoms with Gasteiger partial charge in [-0.15, -0.1) is 393 Å². The topological polar surface area (TPSA) is 0 Å². The van der Waals surface area contributed by atoms with E-state index < -0.39 is 239 Å². The second kappa shape index (κ2) is 66.0. The average molecular weight is 2620 g/mol. The smallest absolute Gasteiger partial charge is 0.109 e. The molecule has 0 aliphatic rings. The fraction of sp³-hybridized carbons (Fsp3) is 0. The highest BCUT2D eigenvalue weighted by atomic mass is 33.3. The van der Waals surface area contributed by atoms with Crippen LogP contribution in [0, 0.1) is 0 Å². The van der Waals surface area contributed by atoms with Crippen LogP contribution in [0.4, 0.5) is 0 Å². The van der Waals surface area contributed by atoms with Crippen LogP contribution in [0.25, 0.3) is 0 Å². The molecule has 0 radical (unpaired) electrons. The van der Waals surface area contributed by atoms with E-state index in [4.69, 9.17) is 0 Å². The molecule has 87 heteroatoms. The monoisotopic (exact) mass is 2620 g/mol. The van der Waals surface area contributed by atoms with E-state index in [1.54, 1.807) is 0 Å². The van der Waals surface area contributed by atoms with E-state index in [2.05, 4.69) is 393 Å². The second-order valence-corrected chi connectivity index (χ2v) is 299. The Balaban J connectivity index is 13.4. The van der Waals surface area contributed by atoms with Crippen LogP contribution in [-0.2, 0) is 0 Å². The molecule has 0 saturated heterocycles. The van der Waals surface area contributed by atoms with Crippen molar-refractivity contribution in [2.45, 2.75) is 0 Å². The summed E-state index contributed by atoms with van der Waals surface area (Å²) in [4.78, 5) is 0. The molecule has 0 spiro atoms. The van der Waals surface area contributed by atoms with Gasteiger partial charge in [-0.25, -0.2) is 0 Å². The van der Waals surface area contributed by atoms with Gasteiger partial charge in [0.05, 0.1) is 12.8 Å². The maximum absolute atomic E-state index is 3.84. The van der Waals surface area contributed by atoms with Crippen LogP contribution in [0.1, 0.15) is 0 Å². The van der Waals surface area contributed by atoms with Gasteiger partial charge in [-0.3, -0.25) is 0 Å². The molecule has 0 aliphatic carbocycles. The van der Waals surface area contributed by atoms with Gasteiger partial charge in [0.25, 0.3) is 0 Å². The Morgan fingerprint density at radius 1 is 0.149 bits per heavy atom. The Morgan fingerprint density at radius 3 is 0.379 bits per heavy atom. The van der Waals surface area contributed by atoms with Crippen LogP contribution in [0.2, 0.25) is 0 Å². The zero-order valence-electron chi connectivity index (χ0n) is 45.7. The van der Waals surface area contributed by atoms with Crippen molar-refractivity contribution in [2.24, 2.45) is 0 Å². The third-order valence-corrected chi connectivity index (χ3v) is 357. The minimum absolute atomic E-state index is 0.414. The molecule has 0 aliphatic heterocycles. The fourth-order valence-electron chi connectivity index (χ4n) is 8.28. The van der Waals surface area contributed by atoms with E-state index in [-0.39, 0.29) is 0 Å². The van der Waals surface area contributed by atoms with Crippen molar-refractivity contribution in [3.63, 3.8) is 0 Å². The summed E-state index contributed by atoms with van der Waals surface area (Å²) in [5.41, 5.74) is 0. The Morgan fingerprint density at radius 2 is 0.276 bits per heavy atom. The molecule has 0 N–H and O–H groups in total. The fourth-order valence-corrected chi connectivity index (χ4v) is 600. The summed E-state index contributed by atoms with van der Waals surface area (Å²) >= 11 is 0. The van der Waals surface area contributed by atoms with Crippen LogP contribution in [0.3, 0.4) is 0 Å². The molecule has 0 fully saturated rings.